The number of aryl methyl sites for hydroxylation is 2. The molecule has 2 aliphatic heterocycles. The summed E-state index contributed by atoms with van der Waals surface area (Å²) in [7, 11) is 0. The molecule has 1 aromatic carbocycles. The summed E-state index contributed by atoms with van der Waals surface area (Å²) in [5.41, 5.74) is 4.30. The van der Waals surface area contributed by atoms with E-state index in [4.69, 9.17) is 0 Å². The lowest BCUT2D eigenvalue weighted by Crippen LogP contribution is -2.34. The molecule has 2 aliphatic rings. The molecule has 1 aromatic rings. The maximum absolute atomic E-state index is 12.8. The van der Waals surface area contributed by atoms with E-state index in [1.54, 1.807) is 0 Å². The average molecular weight is 298 g/mol. The molecule has 0 aliphatic carbocycles. The van der Waals surface area contributed by atoms with Crippen molar-refractivity contribution in [1.29, 1.82) is 0 Å². The fourth-order valence-corrected chi connectivity index (χ4v) is 3.42. The Bertz CT molecular complexity index is 670. The number of likely N-dealkylation sites (tertiary alicyclic amines) is 1. The second-order valence-corrected chi connectivity index (χ2v) is 6.09. The molecule has 0 radical (unpaired) electrons. The second kappa shape index (κ2) is 5.59. The molecule has 2 heterocycles. The predicted octanol–water partition coefficient (Wildman–Crippen LogP) is 2.50. The highest BCUT2D eigenvalue weighted by molar-refractivity contribution is 6.35. The molecule has 0 saturated carbocycles. The van der Waals surface area contributed by atoms with E-state index < -0.39 is 0 Å². The Morgan fingerprint density at radius 2 is 1.73 bits per heavy atom. The molecule has 0 aromatic heterocycles. The summed E-state index contributed by atoms with van der Waals surface area (Å²) in [5.74, 6) is -0.286. The molecule has 0 unspecified atom stereocenters. The summed E-state index contributed by atoms with van der Waals surface area (Å²) >= 11 is 0. The van der Waals surface area contributed by atoms with Gasteiger partial charge >= 0.3 is 0 Å². The number of nitrogens with zero attached hydrogens (tertiary/aromatic N) is 2. The van der Waals surface area contributed by atoms with Crippen LogP contribution in [0.2, 0.25) is 0 Å². The maximum atomic E-state index is 12.8. The zero-order valence-electron chi connectivity index (χ0n) is 13.5. The van der Waals surface area contributed by atoms with E-state index in [1.165, 1.54) is 4.90 Å². The van der Waals surface area contributed by atoms with Crippen LogP contribution < -0.4 is 0 Å². The van der Waals surface area contributed by atoms with Crippen molar-refractivity contribution in [3.8, 4) is 0 Å². The highest BCUT2D eigenvalue weighted by atomic mass is 16.2. The summed E-state index contributed by atoms with van der Waals surface area (Å²) in [4.78, 5) is 28.9. The van der Waals surface area contributed by atoms with Gasteiger partial charge in [-0.2, -0.15) is 0 Å². The highest BCUT2D eigenvalue weighted by Crippen LogP contribution is 2.34. The van der Waals surface area contributed by atoms with Gasteiger partial charge in [0, 0.05) is 19.6 Å². The van der Waals surface area contributed by atoms with Crippen LogP contribution in [0.15, 0.2) is 23.9 Å². The minimum Gasteiger partial charge on any atom is -0.366 e. The van der Waals surface area contributed by atoms with E-state index in [0.29, 0.717) is 17.8 Å². The van der Waals surface area contributed by atoms with E-state index in [9.17, 15) is 9.59 Å². The predicted molar refractivity (Wildman–Crippen MR) is 86.0 cm³/mol. The normalized spacial score (nSPS) is 18.9. The van der Waals surface area contributed by atoms with Crippen molar-refractivity contribution in [2.75, 3.05) is 19.6 Å². The summed E-state index contributed by atoms with van der Waals surface area (Å²) in [6.07, 6.45) is 2.16. The van der Waals surface area contributed by atoms with Crippen LogP contribution in [0.3, 0.4) is 0 Å². The van der Waals surface area contributed by atoms with Crippen LogP contribution in [0.5, 0.6) is 0 Å². The Labute approximate surface area is 131 Å². The molecular weight excluding hydrogens is 276 g/mol. The fraction of sp³-hybridized carbons (Fsp3) is 0.444. The molecule has 1 saturated heterocycles. The third-order valence-electron chi connectivity index (χ3n) is 4.53. The molecule has 4 nitrogen and oxygen atoms in total. The van der Waals surface area contributed by atoms with Crippen LogP contribution in [0.1, 0.15) is 36.5 Å². The Morgan fingerprint density at radius 1 is 1.05 bits per heavy atom. The number of likely N-dealkylation sites (N-methyl/N-ethyl adjacent to an activating group) is 1. The van der Waals surface area contributed by atoms with Crippen molar-refractivity contribution < 1.29 is 9.59 Å². The number of hydrogen-bond donors (Lipinski definition) is 0. The molecule has 116 valence electrons. The quantitative estimate of drug-likeness (QED) is 0.805. The SMILES string of the molecule is CCN1C(=O)C(c2ccc(C)cc2C)=C(N2CCCC2)C1=O. The molecule has 0 atom stereocenters. The van der Waals surface area contributed by atoms with E-state index in [1.807, 2.05) is 32.9 Å². The third-order valence-corrected chi connectivity index (χ3v) is 4.53. The van der Waals surface area contributed by atoms with E-state index in [-0.39, 0.29) is 11.8 Å². The maximum Gasteiger partial charge on any atom is 0.277 e. The first kappa shape index (κ1) is 14.8. The Kier molecular flexibility index (Phi) is 3.77. The van der Waals surface area contributed by atoms with Crippen LogP contribution in [0.25, 0.3) is 5.57 Å². The van der Waals surface area contributed by atoms with Crippen molar-refractivity contribution in [1.82, 2.24) is 9.80 Å². The Hall–Kier alpha value is -2.10. The van der Waals surface area contributed by atoms with Crippen molar-refractivity contribution in [3.05, 3.63) is 40.6 Å². The fourth-order valence-electron chi connectivity index (χ4n) is 3.42. The van der Waals surface area contributed by atoms with Gasteiger partial charge in [0.05, 0.1) is 5.57 Å². The van der Waals surface area contributed by atoms with Gasteiger partial charge in [0.25, 0.3) is 11.8 Å². The van der Waals surface area contributed by atoms with Gasteiger partial charge in [0.15, 0.2) is 0 Å². The molecule has 0 spiro atoms. The van der Waals surface area contributed by atoms with Gasteiger partial charge in [-0.1, -0.05) is 23.8 Å². The van der Waals surface area contributed by atoms with Crippen LogP contribution in [0.4, 0.5) is 0 Å². The Balaban J connectivity index is 2.17. The van der Waals surface area contributed by atoms with E-state index >= 15 is 0 Å². The van der Waals surface area contributed by atoms with Crippen molar-refractivity contribution >= 4 is 17.4 Å². The molecule has 0 N–H and O–H groups in total. The largest absolute Gasteiger partial charge is 0.366 e. The molecule has 4 heteroatoms. The van der Waals surface area contributed by atoms with Crippen LogP contribution >= 0.6 is 0 Å². The van der Waals surface area contributed by atoms with Crippen LogP contribution in [-0.2, 0) is 9.59 Å². The topological polar surface area (TPSA) is 40.6 Å². The van der Waals surface area contributed by atoms with Gasteiger partial charge in [0.2, 0.25) is 0 Å². The molecule has 0 bridgehead atoms. The number of amides is 2. The zero-order valence-corrected chi connectivity index (χ0v) is 13.5. The number of benzene rings is 1. The lowest BCUT2D eigenvalue weighted by Gasteiger charge is -2.19. The van der Waals surface area contributed by atoms with E-state index in [2.05, 4.69) is 11.0 Å². The molecule has 2 amide bonds. The minimum atomic E-state index is -0.152. The molecular formula is C18H22N2O2. The smallest absolute Gasteiger partial charge is 0.277 e. The summed E-state index contributed by atoms with van der Waals surface area (Å²) in [5, 5.41) is 0. The zero-order chi connectivity index (χ0) is 15.9. The first-order valence-electron chi connectivity index (χ1n) is 7.97. The summed E-state index contributed by atoms with van der Waals surface area (Å²) in [6.45, 7) is 8.03. The van der Waals surface area contributed by atoms with Gasteiger partial charge in [-0.3, -0.25) is 14.5 Å². The van der Waals surface area contributed by atoms with E-state index in [0.717, 1.165) is 42.6 Å². The first-order chi connectivity index (χ1) is 10.5. The summed E-state index contributed by atoms with van der Waals surface area (Å²) in [6, 6.07) is 6.04. The Morgan fingerprint density at radius 3 is 2.32 bits per heavy atom. The van der Waals surface area contributed by atoms with Crippen molar-refractivity contribution in [3.63, 3.8) is 0 Å². The van der Waals surface area contributed by atoms with Gasteiger partial charge in [-0.15, -0.1) is 0 Å². The minimum absolute atomic E-state index is 0.135. The van der Waals surface area contributed by atoms with Gasteiger partial charge in [0.1, 0.15) is 5.70 Å². The molecule has 22 heavy (non-hydrogen) atoms. The van der Waals surface area contributed by atoms with Gasteiger partial charge < -0.3 is 4.90 Å². The molecule has 3 rings (SSSR count). The van der Waals surface area contributed by atoms with Crippen LogP contribution in [-0.4, -0.2) is 41.2 Å². The number of hydrogen-bond acceptors (Lipinski definition) is 3. The van der Waals surface area contributed by atoms with Gasteiger partial charge in [-0.05, 0) is 44.7 Å². The van der Waals surface area contributed by atoms with Crippen LogP contribution in [0, 0.1) is 13.8 Å². The van der Waals surface area contributed by atoms with Crippen molar-refractivity contribution in [2.24, 2.45) is 0 Å². The first-order valence-corrected chi connectivity index (χ1v) is 7.97. The highest BCUT2D eigenvalue weighted by Gasteiger charge is 2.41. The second-order valence-electron chi connectivity index (χ2n) is 6.09. The van der Waals surface area contributed by atoms with Crippen molar-refractivity contribution in [2.45, 2.75) is 33.6 Å². The van der Waals surface area contributed by atoms with Gasteiger partial charge in [-0.25, -0.2) is 0 Å². The summed E-state index contributed by atoms with van der Waals surface area (Å²) < 4.78 is 0. The molecule has 1 fully saturated rings. The number of rotatable bonds is 3. The standard InChI is InChI=1S/C18H22N2O2/c1-4-20-17(21)15(14-8-7-12(2)11-13(14)3)16(18(20)22)19-9-5-6-10-19/h7-8,11H,4-6,9-10H2,1-3H3. The monoisotopic (exact) mass is 298 g/mol. The third kappa shape index (κ3) is 2.23. The number of carbonyl (C=O) groups is 2. The lowest BCUT2D eigenvalue weighted by molar-refractivity contribution is -0.137. The number of imide groups is 1. The average Bonchev–Trinajstić information content (AvgIpc) is 3.06. The number of carbonyl (C=O) groups excluding carboxylic acids is 2. The lowest BCUT2D eigenvalue weighted by atomic mass is 9.97.